The van der Waals surface area contributed by atoms with Gasteiger partial charge in [0.2, 0.25) is 0 Å². The van der Waals surface area contributed by atoms with E-state index < -0.39 is 0 Å². The van der Waals surface area contributed by atoms with E-state index in [-0.39, 0.29) is 17.6 Å². The average Bonchev–Trinajstić information content (AvgIpc) is 2.72. The lowest BCUT2D eigenvalue weighted by atomic mass is 9.80. The maximum Gasteiger partial charge on any atom is 0.308 e. The van der Waals surface area contributed by atoms with Gasteiger partial charge in [-0.3, -0.25) is 4.79 Å². The second-order valence-electron chi connectivity index (χ2n) is 8.75. The lowest BCUT2D eigenvalue weighted by molar-refractivity contribution is -0.131. The van der Waals surface area contributed by atoms with E-state index in [0.29, 0.717) is 11.5 Å². The van der Waals surface area contributed by atoms with E-state index in [1.165, 1.54) is 12.5 Å². The Labute approximate surface area is 182 Å². The Bertz CT molecular complexity index is 1220. The highest BCUT2D eigenvalue weighted by molar-refractivity contribution is 5.92. The molecule has 31 heavy (non-hydrogen) atoms. The number of carbonyl (C=O) groups excluding carboxylic acids is 1. The zero-order valence-corrected chi connectivity index (χ0v) is 18.2. The first-order valence-electron chi connectivity index (χ1n) is 10.5. The molecule has 0 saturated carbocycles. The molecule has 2 aliphatic heterocycles. The first kappa shape index (κ1) is 19.4. The van der Waals surface area contributed by atoms with Crippen molar-refractivity contribution in [2.45, 2.75) is 39.3 Å². The highest BCUT2D eigenvalue weighted by Crippen LogP contribution is 2.53. The van der Waals surface area contributed by atoms with E-state index >= 15 is 0 Å². The normalized spacial score (nSPS) is 17.8. The molecular formula is C27H25NO3. The molecule has 0 aliphatic carbocycles. The predicted molar refractivity (Wildman–Crippen MR) is 123 cm³/mol. The Morgan fingerprint density at radius 3 is 2.52 bits per heavy atom. The number of rotatable bonds is 2. The van der Waals surface area contributed by atoms with Gasteiger partial charge in [-0.1, -0.05) is 48.5 Å². The summed E-state index contributed by atoms with van der Waals surface area (Å²) in [5, 5.41) is 3.64. The van der Waals surface area contributed by atoms with Gasteiger partial charge in [-0.2, -0.15) is 0 Å². The minimum atomic E-state index is -0.349. The predicted octanol–water partition coefficient (Wildman–Crippen LogP) is 6.37. The molecule has 5 rings (SSSR count). The van der Waals surface area contributed by atoms with Crippen molar-refractivity contribution in [3.63, 3.8) is 0 Å². The number of hydrogen-bond donors (Lipinski definition) is 1. The van der Waals surface area contributed by atoms with Crippen molar-refractivity contribution in [3.05, 3.63) is 83.4 Å². The van der Waals surface area contributed by atoms with Crippen molar-refractivity contribution in [1.29, 1.82) is 0 Å². The third-order valence-electron chi connectivity index (χ3n) is 5.79. The molecule has 2 aliphatic rings. The number of carbonyl (C=O) groups is 1. The molecule has 1 unspecified atom stereocenters. The molecule has 0 fully saturated rings. The summed E-state index contributed by atoms with van der Waals surface area (Å²) in [6.07, 6.45) is 1.99. The molecule has 0 spiro atoms. The largest absolute Gasteiger partial charge is 0.480 e. The molecule has 2 heterocycles. The summed E-state index contributed by atoms with van der Waals surface area (Å²) in [7, 11) is 0. The van der Waals surface area contributed by atoms with Crippen LogP contribution in [-0.4, -0.2) is 11.5 Å². The Morgan fingerprint density at radius 1 is 1.00 bits per heavy atom. The number of hydrogen-bond acceptors (Lipinski definition) is 4. The molecule has 0 aromatic heterocycles. The Balaban J connectivity index is 1.82. The minimum Gasteiger partial charge on any atom is -0.480 e. The molecule has 4 nitrogen and oxygen atoms in total. The summed E-state index contributed by atoms with van der Waals surface area (Å²) in [6.45, 7) is 7.90. The van der Waals surface area contributed by atoms with Crippen LogP contribution in [0.25, 0.3) is 16.7 Å². The fraction of sp³-hybridized carbons (Fsp3) is 0.222. The third kappa shape index (κ3) is 3.28. The molecule has 0 amide bonds. The first-order valence-corrected chi connectivity index (χ1v) is 10.5. The van der Waals surface area contributed by atoms with Gasteiger partial charge in [-0.25, -0.2) is 0 Å². The van der Waals surface area contributed by atoms with Crippen molar-refractivity contribution in [2.75, 3.05) is 5.32 Å². The fourth-order valence-corrected chi connectivity index (χ4v) is 4.80. The highest BCUT2D eigenvalue weighted by atomic mass is 16.5. The van der Waals surface area contributed by atoms with E-state index in [1.807, 2.05) is 36.4 Å². The van der Waals surface area contributed by atoms with Crippen molar-refractivity contribution in [1.82, 2.24) is 0 Å². The van der Waals surface area contributed by atoms with Gasteiger partial charge in [0.15, 0.2) is 6.10 Å². The van der Waals surface area contributed by atoms with Crippen LogP contribution in [0.5, 0.6) is 11.5 Å². The number of anilines is 1. The molecule has 3 aromatic carbocycles. The summed E-state index contributed by atoms with van der Waals surface area (Å²) in [5.74, 6) is 0.881. The second-order valence-corrected chi connectivity index (χ2v) is 8.75. The van der Waals surface area contributed by atoms with Gasteiger partial charge in [0.05, 0.1) is 11.1 Å². The highest BCUT2D eigenvalue weighted by Gasteiger charge is 2.35. The SMILES string of the molecule is CC(=O)Oc1cccc2c1-c1ccc3c(c1C(c1ccccc1)O2)C(C)=CC(C)(C)N3. The van der Waals surface area contributed by atoms with Gasteiger partial charge in [-0.05, 0) is 55.7 Å². The van der Waals surface area contributed by atoms with E-state index in [2.05, 4.69) is 56.4 Å². The standard InChI is InChI=1S/C27H25NO3/c1-16-15-27(3,4)28-20-14-13-19-24-21(30-17(2)29)11-8-12-22(24)31-26(25(19)23(16)20)18-9-6-5-7-10-18/h5-15,26,28H,1-4H3. The van der Waals surface area contributed by atoms with Crippen molar-refractivity contribution >= 4 is 17.2 Å². The average molecular weight is 412 g/mol. The Kier molecular flexibility index (Phi) is 4.40. The molecular weight excluding hydrogens is 386 g/mol. The van der Waals surface area contributed by atoms with Crippen LogP contribution >= 0.6 is 0 Å². The zero-order chi connectivity index (χ0) is 21.8. The third-order valence-corrected chi connectivity index (χ3v) is 5.79. The van der Waals surface area contributed by atoms with Gasteiger partial charge in [0.25, 0.3) is 0 Å². The van der Waals surface area contributed by atoms with E-state index in [1.54, 1.807) is 0 Å². The molecule has 0 bridgehead atoms. The monoisotopic (exact) mass is 411 g/mol. The smallest absolute Gasteiger partial charge is 0.308 e. The second kappa shape index (κ2) is 7.02. The molecule has 1 N–H and O–H groups in total. The van der Waals surface area contributed by atoms with Crippen LogP contribution in [-0.2, 0) is 4.79 Å². The summed E-state index contributed by atoms with van der Waals surface area (Å²) < 4.78 is 12.2. The summed E-state index contributed by atoms with van der Waals surface area (Å²) in [6, 6.07) is 20.1. The van der Waals surface area contributed by atoms with Crippen LogP contribution < -0.4 is 14.8 Å². The molecule has 0 saturated heterocycles. The van der Waals surface area contributed by atoms with Gasteiger partial charge in [0, 0.05) is 23.7 Å². The maximum absolute atomic E-state index is 11.8. The van der Waals surface area contributed by atoms with Gasteiger partial charge in [0.1, 0.15) is 11.5 Å². The van der Waals surface area contributed by atoms with Gasteiger partial charge >= 0.3 is 5.97 Å². The van der Waals surface area contributed by atoms with Crippen LogP contribution in [0.4, 0.5) is 5.69 Å². The fourth-order valence-electron chi connectivity index (χ4n) is 4.80. The molecule has 4 heteroatoms. The maximum atomic E-state index is 11.8. The zero-order valence-electron chi connectivity index (χ0n) is 18.2. The number of nitrogens with one attached hydrogen (secondary N) is 1. The number of benzene rings is 3. The summed E-state index contributed by atoms with van der Waals surface area (Å²) in [4.78, 5) is 11.8. The number of allylic oxidation sites excluding steroid dienone is 1. The van der Waals surface area contributed by atoms with Crippen molar-refractivity contribution < 1.29 is 14.3 Å². The quantitative estimate of drug-likeness (QED) is 0.393. The van der Waals surface area contributed by atoms with E-state index in [4.69, 9.17) is 9.47 Å². The van der Waals surface area contributed by atoms with E-state index in [9.17, 15) is 4.79 Å². The number of ether oxygens (including phenoxy) is 2. The van der Waals surface area contributed by atoms with Gasteiger partial charge < -0.3 is 14.8 Å². The molecule has 0 radical (unpaired) electrons. The van der Waals surface area contributed by atoms with Gasteiger partial charge in [-0.15, -0.1) is 0 Å². The molecule has 156 valence electrons. The van der Waals surface area contributed by atoms with Crippen LogP contribution in [0, 0.1) is 0 Å². The summed E-state index contributed by atoms with van der Waals surface area (Å²) >= 11 is 0. The van der Waals surface area contributed by atoms with Crippen LogP contribution in [0.1, 0.15) is 50.5 Å². The van der Waals surface area contributed by atoms with Crippen LogP contribution in [0.15, 0.2) is 66.7 Å². The van der Waals surface area contributed by atoms with Crippen LogP contribution in [0.2, 0.25) is 0 Å². The lowest BCUT2D eigenvalue weighted by Crippen LogP contribution is -2.32. The van der Waals surface area contributed by atoms with Crippen molar-refractivity contribution in [2.24, 2.45) is 0 Å². The first-order chi connectivity index (χ1) is 14.8. The summed E-state index contributed by atoms with van der Waals surface area (Å²) in [5.41, 5.74) is 7.32. The van der Waals surface area contributed by atoms with Crippen molar-refractivity contribution in [3.8, 4) is 22.6 Å². The van der Waals surface area contributed by atoms with E-state index in [0.717, 1.165) is 33.5 Å². The Hall–Kier alpha value is -3.53. The minimum absolute atomic E-state index is 0.135. The number of esters is 1. The molecule has 3 aromatic rings. The lowest BCUT2D eigenvalue weighted by Gasteiger charge is -2.37. The molecule has 1 atom stereocenters. The number of fused-ring (bicyclic) bond motifs is 5. The topological polar surface area (TPSA) is 47.6 Å². The van der Waals surface area contributed by atoms with Crippen LogP contribution in [0.3, 0.4) is 0 Å². The Morgan fingerprint density at radius 2 is 1.77 bits per heavy atom.